The lowest BCUT2D eigenvalue weighted by atomic mass is 10.1. The van der Waals surface area contributed by atoms with Crippen molar-refractivity contribution in [2.45, 2.75) is 26.7 Å². The Hall–Kier alpha value is -3.61. The second-order valence-electron chi connectivity index (χ2n) is 7.46. The Labute approximate surface area is 180 Å². The van der Waals surface area contributed by atoms with Crippen molar-refractivity contribution in [1.29, 1.82) is 0 Å². The largest absolute Gasteiger partial charge is 0.497 e. The highest BCUT2D eigenvalue weighted by Crippen LogP contribution is 2.32. The molecule has 2 N–H and O–H groups in total. The normalized spacial score (nSPS) is 11.4. The van der Waals surface area contributed by atoms with Crippen molar-refractivity contribution >= 4 is 34.0 Å². The maximum absolute atomic E-state index is 13.1. The minimum Gasteiger partial charge on any atom is -0.497 e. The average molecular weight is 418 g/mol. The maximum Gasteiger partial charge on any atom is 0.344 e. The number of hydrogen-bond donors (Lipinski definition) is 1. The molecule has 0 saturated carbocycles. The maximum atomic E-state index is 13.1. The van der Waals surface area contributed by atoms with Crippen molar-refractivity contribution in [3.8, 4) is 11.4 Å². The number of nitrogens with zero attached hydrogens (tertiary/aromatic N) is 3. The van der Waals surface area contributed by atoms with E-state index in [0.717, 1.165) is 29.8 Å². The van der Waals surface area contributed by atoms with Crippen LogP contribution in [0.4, 0.5) is 5.82 Å². The lowest BCUT2D eigenvalue weighted by molar-refractivity contribution is 0.0436. The Bertz CT molecular complexity index is 1230. The van der Waals surface area contributed by atoms with Crippen LogP contribution in [0.15, 0.2) is 48.5 Å². The van der Waals surface area contributed by atoms with Crippen molar-refractivity contribution in [3.05, 3.63) is 54.1 Å². The molecule has 0 fully saturated rings. The van der Waals surface area contributed by atoms with Crippen LogP contribution in [0, 0.1) is 5.92 Å². The summed E-state index contributed by atoms with van der Waals surface area (Å²) in [6.07, 6.45) is 1.88. The molecule has 2 heterocycles. The van der Waals surface area contributed by atoms with E-state index in [0.29, 0.717) is 29.2 Å². The van der Waals surface area contributed by atoms with E-state index in [-0.39, 0.29) is 11.4 Å². The van der Waals surface area contributed by atoms with Gasteiger partial charge < -0.3 is 15.2 Å². The molecule has 7 nitrogen and oxygen atoms in total. The zero-order valence-corrected chi connectivity index (χ0v) is 18.0. The Balaban J connectivity index is 1.89. The number of methoxy groups -OCH3 is 1. The summed E-state index contributed by atoms with van der Waals surface area (Å²) >= 11 is 0. The summed E-state index contributed by atoms with van der Waals surface area (Å²) in [5.74, 6) is 0.809. The zero-order valence-electron chi connectivity index (χ0n) is 18.0. The monoisotopic (exact) mass is 418 g/mol. The number of nitrogens with two attached hydrogens (primary N) is 1. The van der Waals surface area contributed by atoms with E-state index in [1.807, 2.05) is 48.5 Å². The Morgan fingerprint density at radius 2 is 1.68 bits per heavy atom. The van der Waals surface area contributed by atoms with Crippen LogP contribution in [-0.2, 0) is 4.74 Å². The molecule has 7 heteroatoms. The zero-order chi connectivity index (χ0) is 22.0. The standard InChI is InChI=1S/C24H26N4O3/c1-4-15(5-2)14-31-24(29)20-21-23(27-19-9-7-6-8-18(19)26-21)28(22(20)25)16-10-12-17(30-3)13-11-16/h6-13,15H,4-5,14,25H2,1-3H3. The molecule has 0 aliphatic heterocycles. The van der Waals surface area contributed by atoms with E-state index in [9.17, 15) is 4.79 Å². The topological polar surface area (TPSA) is 92.3 Å². The molecule has 31 heavy (non-hydrogen) atoms. The van der Waals surface area contributed by atoms with Gasteiger partial charge in [0.2, 0.25) is 0 Å². The van der Waals surface area contributed by atoms with Crippen LogP contribution >= 0.6 is 0 Å². The molecule has 2 aromatic carbocycles. The minimum absolute atomic E-state index is 0.245. The van der Waals surface area contributed by atoms with E-state index in [2.05, 4.69) is 13.8 Å². The summed E-state index contributed by atoms with van der Waals surface area (Å²) < 4.78 is 12.6. The second kappa shape index (κ2) is 8.63. The number of carbonyl (C=O) groups excluding carboxylic acids is 1. The van der Waals surface area contributed by atoms with E-state index in [1.54, 1.807) is 11.7 Å². The summed E-state index contributed by atoms with van der Waals surface area (Å²) in [5, 5.41) is 0. The van der Waals surface area contributed by atoms with Gasteiger partial charge in [-0.3, -0.25) is 4.57 Å². The fraction of sp³-hybridized carbons (Fsp3) is 0.292. The van der Waals surface area contributed by atoms with Crippen LogP contribution in [0.2, 0.25) is 0 Å². The number of rotatable bonds is 7. The van der Waals surface area contributed by atoms with Gasteiger partial charge in [0.05, 0.1) is 24.8 Å². The third kappa shape index (κ3) is 3.79. The first-order valence-corrected chi connectivity index (χ1v) is 10.5. The predicted octanol–water partition coefficient (Wildman–Crippen LogP) is 4.76. The highest BCUT2D eigenvalue weighted by molar-refractivity contribution is 6.09. The number of esters is 1. The molecule has 0 atom stereocenters. The number of benzene rings is 2. The first-order chi connectivity index (χ1) is 15.1. The van der Waals surface area contributed by atoms with E-state index >= 15 is 0 Å². The Morgan fingerprint density at radius 3 is 2.29 bits per heavy atom. The number of fused-ring (bicyclic) bond motifs is 2. The molecule has 4 aromatic rings. The van der Waals surface area contributed by atoms with Crippen LogP contribution in [0.3, 0.4) is 0 Å². The summed E-state index contributed by atoms with van der Waals surface area (Å²) in [7, 11) is 1.61. The predicted molar refractivity (Wildman–Crippen MR) is 122 cm³/mol. The molecular weight excluding hydrogens is 392 g/mol. The summed E-state index contributed by atoms with van der Waals surface area (Å²) in [6, 6.07) is 14.9. The van der Waals surface area contributed by atoms with Gasteiger partial charge in [0.25, 0.3) is 0 Å². The van der Waals surface area contributed by atoms with Crippen molar-refractivity contribution in [1.82, 2.24) is 14.5 Å². The van der Waals surface area contributed by atoms with Crippen molar-refractivity contribution < 1.29 is 14.3 Å². The minimum atomic E-state index is -0.480. The molecular formula is C24H26N4O3. The molecule has 0 radical (unpaired) electrons. The number of para-hydroxylation sites is 2. The first kappa shape index (κ1) is 20.7. The number of carbonyl (C=O) groups is 1. The number of ether oxygens (including phenoxy) is 2. The smallest absolute Gasteiger partial charge is 0.344 e. The highest BCUT2D eigenvalue weighted by Gasteiger charge is 2.26. The molecule has 0 unspecified atom stereocenters. The van der Waals surface area contributed by atoms with Gasteiger partial charge in [-0.2, -0.15) is 0 Å². The fourth-order valence-electron chi connectivity index (χ4n) is 3.65. The lowest BCUT2D eigenvalue weighted by Gasteiger charge is -2.12. The van der Waals surface area contributed by atoms with Crippen LogP contribution in [-0.4, -0.2) is 34.2 Å². The Kier molecular flexibility index (Phi) is 5.75. The van der Waals surface area contributed by atoms with Crippen LogP contribution in [0.25, 0.3) is 27.9 Å². The van der Waals surface area contributed by atoms with Gasteiger partial charge in [0.15, 0.2) is 5.65 Å². The fourth-order valence-corrected chi connectivity index (χ4v) is 3.65. The number of hydrogen-bond acceptors (Lipinski definition) is 6. The molecule has 0 amide bonds. The van der Waals surface area contributed by atoms with Crippen molar-refractivity contribution in [2.75, 3.05) is 19.5 Å². The van der Waals surface area contributed by atoms with Gasteiger partial charge in [-0.1, -0.05) is 38.8 Å². The molecule has 0 saturated heterocycles. The quantitative estimate of drug-likeness (QED) is 0.435. The summed E-state index contributed by atoms with van der Waals surface area (Å²) in [6.45, 7) is 4.52. The number of nitrogen functional groups attached to an aromatic ring is 1. The van der Waals surface area contributed by atoms with Crippen molar-refractivity contribution in [2.24, 2.45) is 5.92 Å². The summed E-state index contributed by atoms with van der Waals surface area (Å²) in [5.41, 5.74) is 9.86. The number of anilines is 1. The molecule has 4 rings (SSSR count). The van der Waals surface area contributed by atoms with E-state index in [1.165, 1.54) is 0 Å². The van der Waals surface area contributed by atoms with E-state index < -0.39 is 5.97 Å². The second-order valence-corrected chi connectivity index (χ2v) is 7.46. The molecule has 2 aromatic heterocycles. The van der Waals surface area contributed by atoms with Crippen LogP contribution in [0.5, 0.6) is 5.75 Å². The van der Waals surface area contributed by atoms with Gasteiger partial charge in [-0.05, 0) is 42.3 Å². The third-order valence-corrected chi connectivity index (χ3v) is 5.64. The Morgan fingerprint density at radius 1 is 1.03 bits per heavy atom. The van der Waals surface area contributed by atoms with E-state index in [4.69, 9.17) is 25.2 Å². The molecule has 0 aliphatic carbocycles. The average Bonchev–Trinajstić information content (AvgIpc) is 3.08. The van der Waals surface area contributed by atoms with Gasteiger partial charge in [0.1, 0.15) is 22.6 Å². The SMILES string of the molecule is CCC(CC)COC(=O)c1c(N)n(-c2ccc(OC)cc2)c2nc3ccccc3nc12. The molecule has 0 bridgehead atoms. The van der Waals surface area contributed by atoms with Crippen LogP contribution < -0.4 is 10.5 Å². The highest BCUT2D eigenvalue weighted by atomic mass is 16.5. The first-order valence-electron chi connectivity index (χ1n) is 10.5. The van der Waals surface area contributed by atoms with Gasteiger partial charge in [0, 0.05) is 5.69 Å². The number of aromatic nitrogens is 3. The summed E-state index contributed by atoms with van der Waals surface area (Å²) in [4.78, 5) is 22.6. The molecule has 0 aliphatic rings. The van der Waals surface area contributed by atoms with Gasteiger partial charge >= 0.3 is 5.97 Å². The van der Waals surface area contributed by atoms with Gasteiger partial charge in [-0.15, -0.1) is 0 Å². The molecule has 0 spiro atoms. The van der Waals surface area contributed by atoms with Crippen LogP contribution in [0.1, 0.15) is 37.0 Å². The third-order valence-electron chi connectivity index (χ3n) is 5.64. The molecule has 160 valence electrons. The van der Waals surface area contributed by atoms with Crippen molar-refractivity contribution in [3.63, 3.8) is 0 Å². The lowest BCUT2D eigenvalue weighted by Crippen LogP contribution is -2.15. The van der Waals surface area contributed by atoms with Gasteiger partial charge in [-0.25, -0.2) is 14.8 Å².